The topological polar surface area (TPSA) is 78.4 Å². The van der Waals surface area contributed by atoms with E-state index < -0.39 is 0 Å². The smallest absolute Gasteiger partial charge is 0.274 e. The fourth-order valence-corrected chi connectivity index (χ4v) is 4.20. The van der Waals surface area contributed by atoms with E-state index in [-0.39, 0.29) is 17.7 Å². The number of nitrogens with one attached hydrogen (secondary N) is 1. The van der Waals surface area contributed by atoms with Crippen LogP contribution in [0.5, 0.6) is 0 Å². The number of aryl methyl sites for hydroxylation is 1. The molecule has 3 heterocycles. The molecule has 1 unspecified atom stereocenters. The molecule has 1 atom stereocenters. The van der Waals surface area contributed by atoms with Crippen molar-refractivity contribution in [2.45, 2.75) is 57.5 Å². The normalized spacial score (nSPS) is 24.6. The summed E-state index contributed by atoms with van der Waals surface area (Å²) < 4.78 is 0. The van der Waals surface area contributed by atoms with Gasteiger partial charge in [0, 0.05) is 37.9 Å². The molecule has 3 fully saturated rings. The Kier molecular flexibility index (Phi) is 5.38. The van der Waals surface area contributed by atoms with Gasteiger partial charge in [-0.25, -0.2) is 4.98 Å². The predicted octanol–water partition coefficient (Wildman–Crippen LogP) is 1.38. The van der Waals surface area contributed by atoms with Crippen molar-refractivity contribution >= 4 is 11.8 Å². The third-order valence-electron chi connectivity index (χ3n) is 6.02. The number of piperidine rings is 2. The van der Waals surface area contributed by atoms with Gasteiger partial charge in [0.05, 0.1) is 17.8 Å². The van der Waals surface area contributed by atoms with E-state index in [1.54, 1.807) is 12.4 Å². The van der Waals surface area contributed by atoms with Crippen LogP contribution in [0.4, 0.5) is 0 Å². The van der Waals surface area contributed by atoms with Crippen molar-refractivity contribution in [1.82, 2.24) is 25.1 Å². The molecule has 4 rings (SSSR count). The number of likely N-dealkylation sites (tertiary alicyclic amines) is 2. The lowest BCUT2D eigenvalue weighted by Crippen LogP contribution is -2.51. The summed E-state index contributed by atoms with van der Waals surface area (Å²) in [6.07, 6.45) is 9.49. The van der Waals surface area contributed by atoms with E-state index in [1.807, 2.05) is 11.8 Å². The molecule has 0 aromatic carbocycles. The van der Waals surface area contributed by atoms with Crippen LogP contribution in [0, 0.1) is 12.8 Å². The van der Waals surface area contributed by atoms with Gasteiger partial charge >= 0.3 is 0 Å². The minimum absolute atomic E-state index is 0.0266. The molecule has 2 amide bonds. The second-order valence-corrected chi connectivity index (χ2v) is 8.18. The molecule has 1 aromatic rings. The van der Waals surface area contributed by atoms with E-state index in [1.165, 1.54) is 0 Å². The average Bonchev–Trinajstić information content (AvgIpc) is 3.52. The Labute approximate surface area is 160 Å². The first-order valence-corrected chi connectivity index (χ1v) is 10.2. The Hall–Kier alpha value is -2.02. The van der Waals surface area contributed by atoms with Gasteiger partial charge < -0.3 is 10.2 Å². The maximum absolute atomic E-state index is 12.6. The standard InChI is InChI=1S/C20H29N5O2/c1-14-11-22-18(12-21-14)20(27)24-9-6-17(7-10-24)25-8-2-3-15(13-25)19(26)23-16-4-5-16/h11-12,15-17H,2-10,13H2,1H3,(H,23,26). The summed E-state index contributed by atoms with van der Waals surface area (Å²) in [4.78, 5) is 37.8. The van der Waals surface area contributed by atoms with Crippen LogP contribution in [0.2, 0.25) is 0 Å². The lowest BCUT2D eigenvalue weighted by atomic mass is 9.93. The van der Waals surface area contributed by atoms with Gasteiger partial charge in [0.15, 0.2) is 0 Å². The van der Waals surface area contributed by atoms with Gasteiger partial charge in [-0.05, 0) is 52.0 Å². The van der Waals surface area contributed by atoms with Crippen molar-refractivity contribution in [2.24, 2.45) is 5.92 Å². The predicted molar refractivity (Wildman–Crippen MR) is 101 cm³/mol. The largest absolute Gasteiger partial charge is 0.353 e. The molecule has 1 aliphatic carbocycles. The van der Waals surface area contributed by atoms with Gasteiger partial charge in [0.2, 0.25) is 5.91 Å². The number of carbonyl (C=O) groups is 2. The molecule has 2 saturated heterocycles. The van der Waals surface area contributed by atoms with Gasteiger partial charge in [0.1, 0.15) is 5.69 Å². The van der Waals surface area contributed by atoms with Crippen molar-refractivity contribution in [1.29, 1.82) is 0 Å². The second-order valence-electron chi connectivity index (χ2n) is 8.18. The molecule has 27 heavy (non-hydrogen) atoms. The second kappa shape index (κ2) is 7.92. The van der Waals surface area contributed by atoms with Crippen LogP contribution < -0.4 is 5.32 Å². The number of amides is 2. The molecular weight excluding hydrogens is 342 g/mol. The molecule has 7 heteroatoms. The maximum atomic E-state index is 12.6. The fraction of sp³-hybridized carbons (Fsp3) is 0.700. The van der Waals surface area contributed by atoms with Gasteiger partial charge in [-0.15, -0.1) is 0 Å². The number of hydrogen-bond acceptors (Lipinski definition) is 5. The lowest BCUT2D eigenvalue weighted by Gasteiger charge is -2.42. The zero-order valence-corrected chi connectivity index (χ0v) is 16.1. The third-order valence-corrected chi connectivity index (χ3v) is 6.02. The first-order valence-electron chi connectivity index (χ1n) is 10.2. The quantitative estimate of drug-likeness (QED) is 0.865. The molecule has 1 saturated carbocycles. The molecular formula is C20H29N5O2. The molecule has 0 bridgehead atoms. The highest BCUT2D eigenvalue weighted by atomic mass is 16.2. The van der Waals surface area contributed by atoms with Crippen molar-refractivity contribution in [2.75, 3.05) is 26.2 Å². The minimum Gasteiger partial charge on any atom is -0.353 e. The number of nitrogens with zero attached hydrogens (tertiary/aromatic N) is 4. The Morgan fingerprint density at radius 1 is 1.04 bits per heavy atom. The van der Waals surface area contributed by atoms with E-state index in [0.717, 1.165) is 70.4 Å². The fourth-order valence-electron chi connectivity index (χ4n) is 4.20. The molecule has 146 valence electrons. The van der Waals surface area contributed by atoms with Gasteiger partial charge in [-0.3, -0.25) is 19.5 Å². The Morgan fingerprint density at radius 2 is 1.81 bits per heavy atom. The van der Waals surface area contributed by atoms with E-state index in [9.17, 15) is 9.59 Å². The highest BCUT2D eigenvalue weighted by Gasteiger charge is 2.34. The van der Waals surface area contributed by atoms with Gasteiger partial charge in [-0.1, -0.05) is 0 Å². The number of hydrogen-bond donors (Lipinski definition) is 1. The van der Waals surface area contributed by atoms with Crippen LogP contribution in [0.1, 0.15) is 54.7 Å². The van der Waals surface area contributed by atoms with Crippen LogP contribution in [0.3, 0.4) is 0 Å². The van der Waals surface area contributed by atoms with Gasteiger partial charge in [-0.2, -0.15) is 0 Å². The molecule has 1 aromatic heterocycles. The summed E-state index contributed by atoms with van der Waals surface area (Å²) in [6.45, 7) is 5.28. The highest BCUT2D eigenvalue weighted by Crippen LogP contribution is 2.26. The van der Waals surface area contributed by atoms with E-state index in [4.69, 9.17) is 0 Å². The molecule has 7 nitrogen and oxygen atoms in total. The first-order chi connectivity index (χ1) is 13.1. The molecule has 1 N–H and O–H groups in total. The molecule has 0 radical (unpaired) electrons. The lowest BCUT2D eigenvalue weighted by molar-refractivity contribution is -0.127. The summed E-state index contributed by atoms with van der Waals surface area (Å²) in [5.41, 5.74) is 1.24. The van der Waals surface area contributed by atoms with Crippen molar-refractivity contribution in [3.05, 3.63) is 23.8 Å². The van der Waals surface area contributed by atoms with E-state index >= 15 is 0 Å². The summed E-state index contributed by atoms with van der Waals surface area (Å²) >= 11 is 0. The van der Waals surface area contributed by atoms with Crippen LogP contribution in [-0.4, -0.2) is 69.8 Å². The van der Waals surface area contributed by atoms with E-state index in [2.05, 4.69) is 20.2 Å². The highest BCUT2D eigenvalue weighted by molar-refractivity contribution is 5.92. The van der Waals surface area contributed by atoms with Crippen LogP contribution >= 0.6 is 0 Å². The zero-order valence-electron chi connectivity index (χ0n) is 16.1. The Morgan fingerprint density at radius 3 is 2.48 bits per heavy atom. The van der Waals surface area contributed by atoms with Crippen molar-refractivity contribution in [3.63, 3.8) is 0 Å². The van der Waals surface area contributed by atoms with Crippen LogP contribution in [0.15, 0.2) is 12.4 Å². The van der Waals surface area contributed by atoms with Crippen LogP contribution in [0.25, 0.3) is 0 Å². The third kappa shape index (κ3) is 4.46. The molecule has 2 aliphatic heterocycles. The number of aromatic nitrogens is 2. The van der Waals surface area contributed by atoms with Crippen molar-refractivity contribution in [3.8, 4) is 0 Å². The monoisotopic (exact) mass is 371 g/mol. The minimum atomic E-state index is -0.0266. The molecule has 0 spiro atoms. The van der Waals surface area contributed by atoms with Crippen molar-refractivity contribution < 1.29 is 9.59 Å². The molecule has 3 aliphatic rings. The SMILES string of the molecule is Cc1cnc(C(=O)N2CCC(N3CCCC(C(=O)NC4CC4)C3)CC2)cn1. The van der Waals surface area contributed by atoms with E-state index in [0.29, 0.717) is 17.8 Å². The maximum Gasteiger partial charge on any atom is 0.274 e. The zero-order chi connectivity index (χ0) is 18.8. The Balaban J connectivity index is 1.28. The Bertz CT molecular complexity index is 680. The number of rotatable bonds is 4. The number of carbonyl (C=O) groups excluding carboxylic acids is 2. The van der Waals surface area contributed by atoms with Crippen LogP contribution in [-0.2, 0) is 4.79 Å². The summed E-state index contributed by atoms with van der Waals surface area (Å²) in [5, 5.41) is 3.16. The average molecular weight is 371 g/mol. The summed E-state index contributed by atoms with van der Waals surface area (Å²) in [7, 11) is 0. The first kappa shape index (κ1) is 18.3. The van der Waals surface area contributed by atoms with Gasteiger partial charge in [0.25, 0.3) is 5.91 Å². The summed E-state index contributed by atoms with van der Waals surface area (Å²) in [5.74, 6) is 0.343. The summed E-state index contributed by atoms with van der Waals surface area (Å²) in [6, 6.07) is 0.904.